The normalized spacial score (nSPS) is 31.1. The lowest BCUT2D eigenvalue weighted by Crippen LogP contribution is -2.29. The number of fused-ring (bicyclic) bond motifs is 2. The first-order chi connectivity index (χ1) is 8.15. The second kappa shape index (κ2) is 4.50. The van der Waals surface area contributed by atoms with Crippen molar-refractivity contribution in [2.45, 2.75) is 32.2 Å². The van der Waals surface area contributed by atoms with Gasteiger partial charge in [-0.3, -0.25) is 4.79 Å². The van der Waals surface area contributed by atoms with Gasteiger partial charge in [0.1, 0.15) is 4.47 Å². The van der Waals surface area contributed by atoms with E-state index >= 15 is 0 Å². The van der Waals surface area contributed by atoms with Gasteiger partial charge < -0.3 is 0 Å². The molecule has 1 heterocycles. The van der Waals surface area contributed by atoms with Crippen LogP contribution in [0.4, 0.5) is 0 Å². The van der Waals surface area contributed by atoms with Gasteiger partial charge in [0.15, 0.2) is 0 Å². The molecule has 0 aliphatic heterocycles. The van der Waals surface area contributed by atoms with E-state index in [-0.39, 0.29) is 5.56 Å². The summed E-state index contributed by atoms with van der Waals surface area (Å²) >= 11 is 6.60. The zero-order chi connectivity index (χ0) is 12.0. The highest BCUT2D eigenvalue weighted by Crippen LogP contribution is 2.48. The number of halogens is 2. The number of aromatic nitrogens is 2. The van der Waals surface area contributed by atoms with Gasteiger partial charge in [0.05, 0.1) is 10.7 Å². The first-order valence-corrected chi connectivity index (χ1v) is 7.65. The Morgan fingerprint density at radius 1 is 1.35 bits per heavy atom. The van der Waals surface area contributed by atoms with E-state index in [1.54, 1.807) is 10.9 Å². The molecule has 0 aromatic carbocycles. The third-order valence-electron chi connectivity index (χ3n) is 4.23. The molecule has 0 spiro atoms. The fourth-order valence-corrected chi connectivity index (χ4v) is 3.97. The molecule has 3 rings (SSSR count). The van der Waals surface area contributed by atoms with Crippen LogP contribution in [0.3, 0.4) is 0 Å². The van der Waals surface area contributed by atoms with Crippen LogP contribution in [0, 0.1) is 17.8 Å². The van der Waals surface area contributed by atoms with Crippen LogP contribution in [0.1, 0.15) is 25.7 Å². The number of hydrogen-bond acceptors (Lipinski definition) is 2. The summed E-state index contributed by atoms with van der Waals surface area (Å²) in [5.74, 6) is 2.41. The highest BCUT2D eigenvalue weighted by Gasteiger charge is 2.39. The minimum atomic E-state index is -0.0258. The van der Waals surface area contributed by atoms with Crippen molar-refractivity contribution in [1.82, 2.24) is 9.78 Å². The van der Waals surface area contributed by atoms with Gasteiger partial charge in [-0.05, 0) is 68.9 Å². The fraction of sp³-hybridized carbons (Fsp3) is 0.667. The van der Waals surface area contributed by atoms with Crippen LogP contribution in [-0.4, -0.2) is 9.78 Å². The van der Waals surface area contributed by atoms with Crippen LogP contribution in [-0.2, 0) is 6.54 Å². The second-order valence-electron chi connectivity index (χ2n) is 5.23. The van der Waals surface area contributed by atoms with Gasteiger partial charge in [0, 0.05) is 6.54 Å². The summed E-state index contributed by atoms with van der Waals surface area (Å²) in [6.07, 6.45) is 7.09. The summed E-state index contributed by atoms with van der Waals surface area (Å²) in [4.78, 5) is 12.0. The average molecular weight is 362 g/mol. The third-order valence-corrected chi connectivity index (χ3v) is 6.13. The lowest BCUT2D eigenvalue weighted by Gasteiger charge is -2.21. The van der Waals surface area contributed by atoms with Gasteiger partial charge in [-0.15, -0.1) is 0 Å². The molecule has 3 atom stereocenters. The molecule has 0 saturated heterocycles. The predicted molar refractivity (Wildman–Crippen MR) is 72.8 cm³/mol. The minimum Gasteiger partial charge on any atom is -0.266 e. The number of hydrogen-bond donors (Lipinski definition) is 0. The topological polar surface area (TPSA) is 34.9 Å². The largest absolute Gasteiger partial charge is 0.282 e. The van der Waals surface area contributed by atoms with Crippen molar-refractivity contribution < 1.29 is 0 Å². The molecule has 17 heavy (non-hydrogen) atoms. The van der Waals surface area contributed by atoms with Crippen LogP contribution in [0.25, 0.3) is 0 Å². The molecule has 2 aliphatic rings. The first kappa shape index (κ1) is 11.9. The SMILES string of the molecule is O=c1c(Br)c(Br)cnn1CC1CC2CCC1C2. The van der Waals surface area contributed by atoms with E-state index in [0.29, 0.717) is 10.4 Å². The van der Waals surface area contributed by atoms with Crippen LogP contribution in [0.15, 0.2) is 19.9 Å². The standard InChI is InChI=1S/C12H14Br2N2O/c13-10-5-15-16(12(17)11(10)14)6-9-4-7-1-2-8(9)3-7/h5,7-9H,1-4,6H2. The number of nitrogens with zero attached hydrogens (tertiary/aromatic N) is 2. The van der Waals surface area contributed by atoms with Crippen LogP contribution >= 0.6 is 31.9 Å². The maximum atomic E-state index is 12.0. The van der Waals surface area contributed by atoms with E-state index in [4.69, 9.17) is 0 Å². The second-order valence-corrected chi connectivity index (χ2v) is 6.88. The quantitative estimate of drug-likeness (QED) is 0.810. The van der Waals surface area contributed by atoms with Crippen molar-refractivity contribution in [2.75, 3.05) is 0 Å². The molecular weight excluding hydrogens is 348 g/mol. The van der Waals surface area contributed by atoms with Crippen molar-refractivity contribution in [3.63, 3.8) is 0 Å². The van der Waals surface area contributed by atoms with E-state index in [9.17, 15) is 4.79 Å². The van der Waals surface area contributed by atoms with Crippen molar-refractivity contribution in [1.29, 1.82) is 0 Å². The smallest absolute Gasteiger partial charge is 0.266 e. The fourth-order valence-electron chi connectivity index (χ4n) is 3.40. The molecule has 2 fully saturated rings. The Bertz CT molecular complexity index is 500. The van der Waals surface area contributed by atoms with Crippen molar-refractivity contribution in [3.8, 4) is 0 Å². The Kier molecular flexibility index (Phi) is 3.15. The maximum Gasteiger partial charge on any atom is 0.282 e. The van der Waals surface area contributed by atoms with E-state index in [1.165, 1.54) is 25.7 Å². The Morgan fingerprint density at radius 2 is 2.18 bits per heavy atom. The van der Waals surface area contributed by atoms with Gasteiger partial charge in [0.25, 0.3) is 5.56 Å². The molecule has 3 unspecified atom stereocenters. The Hall–Kier alpha value is -0.160. The molecule has 0 radical (unpaired) electrons. The molecule has 1 aromatic rings. The van der Waals surface area contributed by atoms with Gasteiger partial charge in [-0.2, -0.15) is 5.10 Å². The van der Waals surface area contributed by atoms with Crippen molar-refractivity contribution >= 4 is 31.9 Å². The Labute approximate surface area is 117 Å². The van der Waals surface area contributed by atoms with Crippen molar-refractivity contribution in [3.05, 3.63) is 25.5 Å². The van der Waals surface area contributed by atoms with E-state index in [1.807, 2.05) is 0 Å². The van der Waals surface area contributed by atoms with E-state index in [0.717, 1.165) is 22.9 Å². The molecular formula is C12H14Br2N2O. The Morgan fingerprint density at radius 3 is 2.82 bits per heavy atom. The summed E-state index contributed by atoms with van der Waals surface area (Å²) in [6, 6.07) is 0. The molecule has 5 heteroatoms. The molecule has 3 nitrogen and oxygen atoms in total. The third kappa shape index (κ3) is 2.12. The molecule has 2 saturated carbocycles. The van der Waals surface area contributed by atoms with Gasteiger partial charge in [-0.1, -0.05) is 6.42 Å². The van der Waals surface area contributed by atoms with Crippen LogP contribution < -0.4 is 5.56 Å². The lowest BCUT2D eigenvalue weighted by atomic mass is 9.89. The van der Waals surface area contributed by atoms with Crippen LogP contribution in [0.2, 0.25) is 0 Å². The monoisotopic (exact) mass is 360 g/mol. The summed E-state index contributed by atoms with van der Waals surface area (Å²) in [6.45, 7) is 0.784. The molecule has 2 aliphatic carbocycles. The molecule has 1 aromatic heterocycles. The highest BCUT2D eigenvalue weighted by molar-refractivity contribution is 9.13. The molecule has 2 bridgehead atoms. The molecule has 0 N–H and O–H groups in total. The zero-order valence-corrected chi connectivity index (χ0v) is 12.6. The van der Waals surface area contributed by atoms with Gasteiger partial charge in [-0.25, -0.2) is 4.68 Å². The molecule has 92 valence electrons. The van der Waals surface area contributed by atoms with Crippen LogP contribution in [0.5, 0.6) is 0 Å². The summed E-state index contributed by atoms with van der Waals surface area (Å²) < 4.78 is 2.92. The minimum absolute atomic E-state index is 0.0258. The maximum absolute atomic E-state index is 12.0. The predicted octanol–water partition coefficient (Wildman–Crippen LogP) is 3.20. The van der Waals surface area contributed by atoms with Crippen molar-refractivity contribution in [2.24, 2.45) is 17.8 Å². The van der Waals surface area contributed by atoms with E-state index in [2.05, 4.69) is 37.0 Å². The van der Waals surface area contributed by atoms with Gasteiger partial charge >= 0.3 is 0 Å². The zero-order valence-electron chi connectivity index (χ0n) is 9.40. The van der Waals surface area contributed by atoms with Gasteiger partial charge in [0.2, 0.25) is 0 Å². The summed E-state index contributed by atoms with van der Waals surface area (Å²) in [5.41, 5.74) is -0.0258. The summed E-state index contributed by atoms with van der Waals surface area (Å²) in [7, 11) is 0. The Balaban J connectivity index is 1.82. The average Bonchev–Trinajstić information content (AvgIpc) is 2.92. The first-order valence-electron chi connectivity index (χ1n) is 6.06. The molecule has 0 amide bonds. The highest BCUT2D eigenvalue weighted by atomic mass is 79.9. The summed E-state index contributed by atoms with van der Waals surface area (Å²) in [5, 5.41) is 4.21. The lowest BCUT2D eigenvalue weighted by molar-refractivity contribution is 0.280. The number of rotatable bonds is 2. The van der Waals surface area contributed by atoms with E-state index < -0.39 is 0 Å².